The summed E-state index contributed by atoms with van der Waals surface area (Å²) in [5, 5.41) is 2.81. The van der Waals surface area contributed by atoms with Gasteiger partial charge in [0.05, 0.1) is 11.2 Å². The maximum atomic E-state index is 11.0. The second-order valence-electron chi connectivity index (χ2n) is 3.57. The number of aromatic nitrogens is 2. The zero-order valence-electron chi connectivity index (χ0n) is 8.77. The lowest BCUT2D eigenvalue weighted by molar-refractivity contribution is 0.555. The summed E-state index contributed by atoms with van der Waals surface area (Å²) in [6.45, 7) is 0.432. The standard InChI is InChI=1S/C11H9N3O2S/c12-4-7-5-17-10(13-7)6-1-2-9-8(3-6)14-11(15)16-9/h1-3,5H,4,12H2,(H,14,15). The highest BCUT2D eigenvalue weighted by atomic mass is 32.1. The number of nitrogens with two attached hydrogens (primary N) is 1. The molecule has 3 rings (SSSR count). The van der Waals surface area contributed by atoms with Crippen molar-refractivity contribution in [3.8, 4) is 10.6 Å². The van der Waals surface area contributed by atoms with E-state index in [0.29, 0.717) is 17.6 Å². The number of nitrogens with zero attached hydrogens (tertiary/aromatic N) is 1. The fourth-order valence-electron chi connectivity index (χ4n) is 1.62. The van der Waals surface area contributed by atoms with Crippen LogP contribution in [0, 0.1) is 0 Å². The number of oxazole rings is 1. The fraction of sp³-hybridized carbons (Fsp3) is 0.0909. The van der Waals surface area contributed by atoms with Crippen molar-refractivity contribution in [3.63, 3.8) is 0 Å². The van der Waals surface area contributed by atoms with Gasteiger partial charge in [-0.1, -0.05) is 0 Å². The normalized spacial score (nSPS) is 11.1. The number of aromatic amines is 1. The molecule has 2 aromatic heterocycles. The van der Waals surface area contributed by atoms with Crippen LogP contribution in [0.25, 0.3) is 21.7 Å². The first-order valence-electron chi connectivity index (χ1n) is 5.04. The summed E-state index contributed by atoms with van der Waals surface area (Å²) >= 11 is 1.53. The molecule has 0 fully saturated rings. The van der Waals surface area contributed by atoms with Crippen LogP contribution in [0.2, 0.25) is 0 Å². The Bertz CT molecular complexity index is 725. The summed E-state index contributed by atoms with van der Waals surface area (Å²) in [5.74, 6) is -0.445. The number of rotatable bonds is 2. The number of fused-ring (bicyclic) bond motifs is 1. The molecule has 0 amide bonds. The molecule has 0 aliphatic carbocycles. The molecule has 0 aliphatic rings. The number of hydrogen-bond donors (Lipinski definition) is 2. The second-order valence-corrected chi connectivity index (χ2v) is 4.43. The Labute approximate surface area is 99.9 Å². The van der Waals surface area contributed by atoms with Crippen LogP contribution in [0.15, 0.2) is 32.8 Å². The molecule has 0 aliphatic heterocycles. The van der Waals surface area contributed by atoms with E-state index in [1.807, 2.05) is 17.5 Å². The Morgan fingerprint density at radius 2 is 2.35 bits per heavy atom. The average Bonchev–Trinajstić information content (AvgIpc) is 2.92. The van der Waals surface area contributed by atoms with Gasteiger partial charge >= 0.3 is 5.76 Å². The molecule has 5 nitrogen and oxygen atoms in total. The number of hydrogen-bond acceptors (Lipinski definition) is 5. The van der Waals surface area contributed by atoms with Crippen molar-refractivity contribution in [2.45, 2.75) is 6.54 Å². The molecule has 0 spiro atoms. The third-order valence-corrected chi connectivity index (χ3v) is 3.37. The average molecular weight is 247 g/mol. The Hall–Kier alpha value is -1.92. The Balaban J connectivity index is 2.13. The van der Waals surface area contributed by atoms with Crippen molar-refractivity contribution < 1.29 is 4.42 Å². The van der Waals surface area contributed by atoms with E-state index < -0.39 is 5.76 Å². The van der Waals surface area contributed by atoms with E-state index >= 15 is 0 Å². The molecular weight excluding hydrogens is 238 g/mol. The van der Waals surface area contributed by atoms with E-state index in [9.17, 15) is 4.79 Å². The van der Waals surface area contributed by atoms with E-state index in [-0.39, 0.29) is 0 Å². The molecule has 17 heavy (non-hydrogen) atoms. The topological polar surface area (TPSA) is 84.9 Å². The number of thiazole rings is 1. The van der Waals surface area contributed by atoms with E-state index in [1.165, 1.54) is 11.3 Å². The lowest BCUT2D eigenvalue weighted by Gasteiger charge is -1.95. The molecule has 1 aromatic carbocycles. The smallest absolute Gasteiger partial charge is 0.408 e. The van der Waals surface area contributed by atoms with Gasteiger partial charge in [0.2, 0.25) is 0 Å². The fourth-order valence-corrected chi connectivity index (χ4v) is 2.45. The van der Waals surface area contributed by atoms with E-state index in [0.717, 1.165) is 16.3 Å². The molecule has 0 radical (unpaired) electrons. The summed E-state index contributed by atoms with van der Waals surface area (Å²) in [4.78, 5) is 18.0. The second kappa shape index (κ2) is 3.83. The molecule has 3 N–H and O–H groups in total. The molecule has 0 saturated carbocycles. The van der Waals surface area contributed by atoms with Crippen LogP contribution in [-0.4, -0.2) is 9.97 Å². The third kappa shape index (κ3) is 1.77. The molecule has 0 atom stereocenters. The van der Waals surface area contributed by atoms with Gasteiger partial charge in [-0.05, 0) is 18.2 Å². The summed E-state index contributed by atoms with van der Waals surface area (Å²) in [5.41, 5.74) is 8.56. The maximum absolute atomic E-state index is 11.0. The van der Waals surface area contributed by atoms with Crippen LogP contribution in [0.4, 0.5) is 0 Å². The van der Waals surface area contributed by atoms with Crippen LogP contribution in [0.3, 0.4) is 0 Å². The van der Waals surface area contributed by atoms with Crippen molar-refractivity contribution in [3.05, 3.63) is 39.8 Å². The van der Waals surface area contributed by atoms with Crippen LogP contribution in [0.1, 0.15) is 5.69 Å². The molecule has 3 aromatic rings. The van der Waals surface area contributed by atoms with Gasteiger partial charge in [0, 0.05) is 17.5 Å². The van der Waals surface area contributed by atoms with Crippen molar-refractivity contribution >= 4 is 22.4 Å². The van der Waals surface area contributed by atoms with Crippen molar-refractivity contribution in [1.82, 2.24) is 9.97 Å². The minimum absolute atomic E-state index is 0.432. The largest absolute Gasteiger partial charge is 0.417 e. The van der Waals surface area contributed by atoms with Gasteiger partial charge in [-0.3, -0.25) is 4.98 Å². The molecule has 6 heteroatoms. The highest BCUT2D eigenvalue weighted by molar-refractivity contribution is 7.13. The van der Waals surface area contributed by atoms with Crippen LogP contribution in [-0.2, 0) is 6.54 Å². The van der Waals surface area contributed by atoms with Crippen LogP contribution in [0.5, 0.6) is 0 Å². The van der Waals surface area contributed by atoms with Gasteiger partial charge in [0.15, 0.2) is 5.58 Å². The lowest BCUT2D eigenvalue weighted by atomic mass is 10.2. The quantitative estimate of drug-likeness (QED) is 0.721. The van der Waals surface area contributed by atoms with Crippen LogP contribution < -0.4 is 11.5 Å². The SMILES string of the molecule is NCc1csc(-c2ccc3oc(=O)[nH]c3c2)n1. The molecule has 86 valence electrons. The van der Waals surface area contributed by atoms with E-state index in [1.54, 1.807) is 6.07 Å². The highest BCUT2D eigenvalue weighted by Crippen LogP contribution is 2.26. The predicted octanol–water partition coefficient (Wildman–Crippen LogP) is 1.70. The van der Waals surface area contributed by atoms with Crippen molar-refractivity contribution in [2.75, 3.05) is 0 Å². The summed E-state index contributed by atoms with van der Waals surface area (Å²) < 4.78 is 4.94. The highest BCUT2D eigenvalue weighted by Gasteiger charge is 2.07. The first-order valence-corrected chi connectivity index (χ1v) is 5.92. The van der Waals surface area contributed by atoms with E-state index in [2.05, 4.69) is 9.97 Å². The monoisotopic (exact) mass is 247 g/mol. The number of nitrogens with one attached hydrogen (secondary N) is 1. The number of H-pyrrole nitrogens is 1. The van der Waals surface area contributed by atoms with Gasteiger partial charge in [0.1, 0.15) is 5.01 Å². The summed E-state index contributed by atoms with van der Waals surface area (Å²) in [6.07, 6.45) is 0. The zero-order chi connectivity index (χ0) is 11.8. The number of benzene rings is 1. The summed E-state index contributed by atoms with van der Waals surface area (Å²) in [7, 11) is 0. The molecule has 0 saturated heterocycles. The van der Waals surface area contributed by atoms with Crippen molar-refractivity contribution in [2.24, 2.45) is 5.73 Å². The van der Waals surface area contributed by atoms with Gasteiger partial charge in [-0.25, -0.2) is 9.78 Å². The first kappa shape index (κ1) is 10.2. The Morgan fingerprint density at radius 1 is 1.47 bits per heavy atom. The van der Waals surface area contributed by atoms with Gasteiger partial charge in [-0.15, -0.1) is 11.3 Å². The maximum Gasteiger partial charge on any atom is 0.417 e. The lowest BCUT2D eigenvalue weighted by Crippen LogP contribution is -1.95. The van der Waals surface area contributed by atoms with Crippen molar-refractivity contribution in [1.29, 1.82) is 0 Å². The van der Waals surface area contributed by atoms with E-state index in [4.69, 9.17) is 10.2 Å². The van der Waals surface area contributed by atoms with Crippen LogP contribution >= 0.6 is 11.3 Å². The summed E-state index contributed by atoms with van der Waals surface area (Å²) in [6, 6.07) is 5.48. The molecule has 0 unspecified atom stereocenters. The molecule has 2 heterocycles. The Kier molecular flexibility index (Phi) is 2.31. The van der Waals surface area contributed by atoms with Gasteiger partial charge in [0.25, 0.3) is 0 Å². The van der Waals surface area contributed by atoms with Gasteiger partial charge in [-0.2, -0.15) is 0 Å². The predicted molar refractivity (Wildman–Crippen MR) is 65.8 cm³/mol. The molecule has 0 bridgehead atoms. The Morgan fingerprint density at radius 3 is 3.12 bits per heavy atom. The minimum atomic E-state index is -0.445. The minimum Gasteiger partial charge on any atom is -0.408 e. The molecular formula is C11H9N3O2S. The third-order valence-electron chi connectivity index (χ3n) is 2.43. The first-order chi connectivity index (χ1) is 8.26. The van der Waals surface area contributed by atoms with Gasteiger partial charge < -0.3 is 10.2 Å². The zero-order valence-corrected chi connectivity index (χ0v) is 9.58.